The lowest BCUT2D eigenvalue weighted by Gasteiger charge is -2.19. The maximum absolute atomic E-state index is 4.29. The van der Waals surface area contributed by atoms with Gasteiger partial charge in [0.2, 0.25) is 0 Å². The first kappa shape index (κ1) is 10.1. The van der Waals surface area contributed by atoms with Crippen molar-refractivity contribution in [3.05, 3.63) is 16.6 Å². The molecule has 4 heteroatoms. The quantitative estimate of drug-likeness (QED) is 0.814. The highest BCUT2D eigenvalue weighted by atomic mass is 32.1. The minimum absolute atomic E-state index is 0.693. The summed E-state index contributed by atoms with van der Waals surface area (Å²) in [4.78, 5) is 6.63. The summed E-state index contributed by atoms with van der Waals surface area (Å²) < 4.78 is 0. The maximum atomic E-state index is 4.29. The Labute approximate surface area is 89.1 Å². The summed E-state index contributed by atoms with van der Waals surface area (Å²) in [5.41, 5.74) is 3.09. The molecular formula is C10H17N3S. The minimum atomic E-state index is 0.693. The number of hydrogen-bond acceptors (Lipinski definition) is 4. The smallest absolute Gasteiger partial charge is 0.0795 e. The van der Waals surface area contributed by atoms with Gasteiger partial charge in [0.25, 0.3) is 0 Å². The fourth-order valence-electron chi connectivity index (χ4n) is 1.95. The molecule has 78 valence electrons. The lowest BCUT2D eigenvalue weighted by Crippen LogP contribution is -2.34. The normalized spacial score (nSPS) is 22.0. The van der Waals surface area contributed by atoms with Crippen molar-refractivity contribution in [2.75, 3.05) is 20.1 Å². The van der Waals surface area contributed by atoms with Crippen LogP contribution in [0.1, 0.15) is 18.5 Å². The van der Waals surface area contributed by atoms with Crippen LogP contribution in [-0.2, 0) is 6.54 Å². The van der Waals surface area contributed by atoms with E-state index in [-0.39, 0.29) is 0 Å². The van der Waals surface area contributed by atoms with Gasteiger partial charge in [-0.2, -0.15) is 0 Å². The average molecular weight is 211 g/mol. The van der Waals surface area contributed by atoms with Gasteiger partial charge in [-0.1, -0.05) is 0 Å². The van der Waals surface area contributed by atoms with E-state index in [9.17, 15) is 0 Å². The molecule has 1 fully saturated rings. The van der Waals surface area contributed by atoms with Gasteiger partial charge in [0, 0.05) is 24.5 Å². The van der Waals surface area contributed by atoms with Gasteiger partial charge in [-0.05, 0) is 26.4 Å². The van der Waals surface area contributed by atoms with E-state index < -0.39 is 0 Å². The molecule has 0 bridgehead atoms. The first-order chi connectivity index (χ1) is 6.84. The van der Waals surface area contributed by atoms with Crippen molar-refractivity contribution in [3.63, 3.8) is 0 Å². The fraction of sp³-hybridized carbons (Fsp3) is 0.700. The van der Waals surface area contributed by atoms with Crippen molar-refractivity contribution in [3.8, 4) is 0 Å². The zero-order valence-electron chi connectivity index (χ0n) is 8.57. The Kier molecular flexibility index (Phi) is 3.50. The monoisotopic (exact) mass is 211 g/mol. The SMILES string of the molecule is CN(Cc1cscn1)C[C@H]1CCCN1. The zero-order chi connectivity index (χ0) is 9.80. The molecule has 1 N–H and O–H groups in total. The molecule has 1 aromatic heterocycles. The van der Waals surface area contributed by atoms with Crippen LogP contribution in [0.4, 0.5) is 0 Å². The number of nitrogens with one attached hydrogen (secondary N) is 1. The first-order valence-electron chi connectivity index (χ1n) is 5.13. The molecule has 3 nitrogen and oxygen atoms in total. The third-order valence-corrected chi connectivity index (χ3v) is 3.25. The van der Waals surface area contributed by atoms with Crippen LogP contribution in [0.3, 0.4) is 0 Å². The van der Waals surface area contributed by atoms with Gasteiger partial charge < -0.3 is 5.32 Å². The molecule has 0 radical (unpaired) electrons. The van der Waals surface area contributed by atoms with E-state index >= 15 is 0 Å². The van der Waals surface area contributed by atoms with Crippen LogP contribution in [0.25, 0.3) is 0 Å². The molecule has 0 spiro atoms. The van der Waals surface area contributed by atoms with Crippen LogP contribution in [-0.4, -0.2) is 36.1 Å². The highest BCUT2D eigenvalue weighted by molar-refractivity contribution is 7.07. The Morgan fingerprint density at radius 2 is 2.64 bits per heavy atom. The topological polar surface area (TPSA) is 28.2 Å². The van der Waals surface area contributed by atoms with E-state index in [2.05, 4.69) is 27.6 Å². The summed E-state index contributed by atoms with van der Waals surface area (Å²) in [5.74, 6) is 0. The number of aromatic nitrogens is 1. The number of rotatable bonds is 4. The Hall–Kier alpha value is -0.450. The number of thiazole rings is 1. The summed E-state index contributed by atoms with van der Waals surface area (Å²) >= 11 is 1.67. The van der Waals surface area contributed by atoms with E-state index in [1.54, 1.807) is 11.3 Å². The molecule has 1 aromatic rings. The predicted molar refractivity (Wildman–Crippen MR) is 59.5 cm³/mol. The largest absolute Gasteiger partial charge is 0.313 e. The van der Waals surface area contributed by atoms with Crippen LogP contribution in [0.5, 0.6) is 0 Å². The van der Waals surface area contributed by atoms with Gasteiger partial charge in [0.1, 0.15) is 0 Å². The molecule has 1 saturated heterocycles. The third-order valence-electron chi connectivity index (χ3n) is 2.61. The van der Waals surface area contributed by atoms with Gasteiger partial charge in [-0.3, -0.25) is 4.90 Å². The van der Waals surface area contributed by atoms with Gasteiger partial charge in [-0.15, -0.1) is 11.3 Å². The fourth-order valence-corrected chi connectivity index (χ4v) is 2.50. The van der Waals surface area contributed by atoms with Crippen molar-refractivity contribution in [2.45, 2.75) is 25.4 Å². The highest BCUT2D eigenvalue weighted by Gasteiger charge is 2.15. The van der Waals surface area contributed by atoms with E-state index in [0.717, 1.165) is 13.1 Å². The number of nitrogens with zero attached hydrogens (tertiary/aromatic N) is 2. The van der Waals surface area contributed by atoms with Crippen LogP contribution < -0.4 is 5.32 Å². The summed E-state index contributed by atoms with van der Waals surface area (Å²) in [6.45, 7) is 3.30. The summed E-state index contributed by atoms with van der Waals surface area (Å²) in [6, 6.07) is 0.693. The van der Waals surface area contributed by atoms with Crippen LogP contribution in [0.2, 0.25) is 0 Å². The molecule has 2 heterocycles. The van der Waals surface area contributed by atoms with Crippen LogP contribution >= 0.6 is 11.3 Å². The second-order valence-electron chi connectivity index (χ2n) is 3.97. The van der Waals surface area contributed by atoms with Crippen LogP contribution in [0.15, 0.2) is 10.9 Å². The average Bonchev–Trinajstić information content (AvgIpc) is 2.76. The van der Waals surface area contributed by atoms with Crippen molar-refractivity contribution < 1.29 is 0 Å². The molecule has 1 aliphatic rings. The molecule has 1 atom stereocenters. The Bertz CT molecular complexity index is 254. The van der Waals surface area contributed by atoms with E-state index in [1.807, 2.05) is 5.51 Å². The number of likely N-dealkylation sites (N-methyl/N-ethyl adjacent to an activating group) is 1. The molecule has 0 unspecified atom stereocenters. The first-order valence-corrected chi connectivity index (χ1v) is 6.08. The van der Waals surface area contributed by atoms with Gasteiger partial charge in [-0.25, -0.2) is 4.98 Å². The second kappa shape index (κ2) is 4.87. The Balaban J connectivity index is 1.75. The zero-order valence-corrected chi connectivity index (χ0v) is 9.39. The van der Waals surface area contributed by atoms with Crippen molar-refractivity contribution in [2.24, 2.45) is 0 Å². The predicted octanol–water partition coefficient (Wildman–Crippen LogP) is 1.33. The summed E-state index contributed by atoms with van der Waals surface area (Å²) in [6.07, 6.45) is 2.65. The van der Waals surface area contributed by atoms with Gasteiger partial charge in [0.15, 0.2) is 0 Å². The summed E-state index contributed by atoms with van der Waals surface area (Å²) in [7, 11) is 2.17. The van der Waals surface area contributed by atoms with Crippen molar-refractivity contribution in [1.82, 2.24) is 15.2 Å². The molecule has 0 aliphatic carbocycles. The van der Waals surface area contributed by atoms with Gasteiger partial charge >= 0.3 is 0 Å². The second-order valence-corrected chi connectivity index (χ2v) is 4.69. The van der Waals surface area contributed by atoms with Crippen molar-refractivity contribution in [1.29, 1.82) is 0 Å². The van der Waals surface area contributed by atoms with E-state index in [0.29, 0.717) is 6.04 Å². The Morgan fingerprint density at radius 1 is 1.71 bits per heavy atom. The molecular weight excluding hydrogens is 194 g/mol. The molecule has 1 aliphatic heterocycles. The maximum Gasteiger partial charge on any atom is 0.0795 e. The standard InChI is InChI=1S/C10H17N3S/c1-13(5-9-3-2-4-11-9)6-10-7-14-8-12-10/h7-9,11H,2-6H2,1H3/t9-/m1/s1. The number of hydrogen-bond donors (Lipinski definition) is 1. The molecule has 2 rings (SSSR count). The molecule has 14 heavy (non-hydrogen) atoms. The molecule has 0 amide bonds. The summed E-state index contributed by atoms with van der Waals surface area (Å²) in [5, 5.41) is 5.63. The van der Waals surface area contributed by atoms with Gasteiger partial charge in [0.05, 0.1) is 11.2 Å². The Morgan fingerprint density at radius 3 is 3.29 bits per heavy atom. The minimum Gasteiger partial charge on any atom is -0.313 e. The lowest BCUT2D eigenvalue weighted by atomic mass is 10.2. The van der Waals surface area contributed by atoms with Crippen molar-refractivity contribution >= 4 is 11.3 Å². The molecule has 0 saturated carbocycles. The van der Waals surface area contributed by atoms with E-state index in [4.69, 9.17) is 0 Å². The van der Waals surface area contributed by atoms with E-state index in [1.165, 1.54) is 25.1 Å². The lowest BCUT2D eigenvalue weighted by molar-refractivity contribution is 0.290. The third kappa shape index (κ3) is 2.77. The molecule has 0 aromatic carbocycles. The highest BCUT2D eigenvalue weighted by Crippen LogP contribution is 2.09. The van der Waals surface area contributed by atoms with Crippen LogP contribution in [0, 0.1) is 0 Å².